The highest BCUT2D eigenvalue weighted by Crippen LogP contribution is 2.36. The van der Waals surface area contributed by atoms with Crippen molar-refractivity contribution in [2.24, 2.45) is 17.8 Å². The Balaban J connectivity index is 1.61. The van der Waals surface area contributed by atoms with Crippen molar-refractivity contribution < 1.29 is 13.2 Å². The lowest BCUT2D eigenvalue weighted by Gasteiger charge is -2.43. The molecule has 1 aliphatic carbocycles. The predicted molar refractivity (Wildman–Crippen MR) is 82.1 cm³/mol. The molecule has 2 bridgehead atoms. The summed E-state index contributed by atoms with van der Waals surface area (Å²) >= 11 is 0. The quantitative estimate of drug-likeness (QED) is 0.793. The molecule has 0 amide bonds. The average molecular weight is 316 g/mol. The van der Waals surface area contributed by atoms with E-state index in [0.717, 1.165) is 32.5 Å². The summed E-state index contributed by atoms with van der Waals surface area (Å²) in [6.07, 6.45) is 6.78. The highest BCUT2D eigenvalue weighted by Gasteiger charge is 2.39. The third-order valence-corrected chi connectivity index (χ3v) is 7.41. The maximum absolute atomic E-state index is 12.9. The highest BCUT2D eigenvalue weighted by atomic mass is 32.2. The molecular weight excluding hydrogens is 288 g/mol. The minimum absolute atomic E-state index is 0.516. The minimum atomic E-state index is -3.24. The second-order valence-electron chi connectivity index (χ2n) is 7.02. The molecule has 0 N–H and O–H groups in total. The Labute approximate surface area is 128 Å². The van der Waals surface area contributed by atoms with Crippen LogP contribution in [0.25, 0.3) is 0 Å². The fourth-order valence-corrected chi connectivity index (χ4v) is 6.08. The normalized spacial score (nSPS) is 33.2. The van der Waals surface area contributed by atoms with Gasteiger partial charge in [0.15, 0.2) is 0 Å². The Morgan fingerprint density at radius 2 is 1.62 bits per heavy atom. The first-order chi connectivity index (χ1) is 10.1. The van der Waals surface area contributed by atoms with Crippen molar-refractivity contribution in [3.8, 4) is 0 Å². The molecule has 0 spiro atoms. The van der Waals surface area contributed by atoms with Crippen LogP contribution in [0.1, 0.15) is 38.5 Å². The van der Waals surface area contributed by atoms with Crippen molar-refractivity contribution in [3.63, 3.8) is 0 Å². The van der Waals surface area contributed by atoms with Gasteiger partial charge >= 0.3 is 0 Å². The Bertz CT molecular complexity index is 434. The van der Waals surface area contributed by atoms with Gasteiger partial charge in [-0.05, 0) is 49.9 Å². The third kappa shape index (κ3) is 3.44. The van der Waals surface area contributed by atoms with Gasteiger partial charge in [0, 0.05) is 39.9 Å². The molecule has 3 aliphatic rings. The number of rotatable bonds is 4. The van der Waals surface area contributed by atoms with Crippen molar-refractivity contribution in [2.75, 3.05) is 39.9 Å². The zero-order valence-corrected chi connectivity index (χ0v) is 13.9. The number of hydrogen-bond donors (Lipinski definition) is 0. The molecule has 2 heterocycles. The lowest BCUT2D eigenvalue weighted by atomic mass is 9.79. The van der Waals surface area contributed by atoms with Crippen LogP contribution in [0.4, 0.5) is 0 Å². The van der Waals surface area contributed by atoms with Crippen LogP contribution in [0.2, 0.25) is 0 Å². The van der Waals surface area contributed by atoms with Crippen LogP contribution in [0.15, 0.2) is 0 Å². The summed E-state index contributed by atoms with van der Waals surface area (Å²) in [5.41, 5.74) is 0. The molecule has 2 aliphatic heterocycles. The summed E-state index contributed by atoms with van der Waals surface area (Å²) in [6, 6.07) is 0. The van der Waals surface area contributed by atoms with Gasteiger partial charge in [0.05, 0.1) is 0 Å². The van der Waals surface area contributed by atoms with Crippen LogP contribution in [0, 0.1) is 17.8 Å². The van der Waals surface area contributed by atoms with Gasteiger partial charge < -0.3 is 4.74 Å². The summed E-state index contributed by atoms with van der Waals surface area (Å²) in [5.74, 6) is 1.71. The summed E-state index contributed by atoms with van der Waals surface area (Å²) in [7, 11) is -1.52. The molecule has 0 radical (unpaired) electrons. The van der Waals surface area contributed by atoms with Crippen LogP contribution >= 0.6 is 0 Å². The van der Waals surface area contributed by atoms with E-state index in [1.807, 2.05) is 0 Å². The number of fused-ring (bicyclic) bond motifs is 2. The molecule has 21 heavy (non-hydrogen) atoms. The van der Waals surface area contributed by atoms with E-state index in [2.05, 4.69) is 0 Å². The fourth-order valence-electron chi connectivity index (χ4n) is 4.28. The van der Waals surface area contributed by atoms with Gasteiger partial charge in [0.1, 0.15) is 0 Å². The largest absolute Gasteiger partial charge is 0.384 e. The molecule has 122 valence electrons. The van der Waals surface area contributed by atoms with E-state index < -0.39 is 10.2 Å². The van der Waals surface area contributed by atoms with Crippen molar-refractivity contribution in [1.29, 1.82) is 0 Å². The lowest BCUT2D eigenvalue weighted by Crippen LogP contribution is -2.53. The summed E-state index contributed by atoms with van der Waals surface area (Å²) in [5, 5.41) is 0. The van der Waals surface area contributed by atoms with Gasteiger partial charge in [-0.15, -0.1) is 0 Å². The van der Waals surface area contributed by atoms with Gasteiger partial charge in [-0.3, -0.25) is 0 Å². The molecule has 2 saturated heterocycles. The summed E-state index contributed by atoms with van der Waals surface area (Å²) in [4.78, 5) is 0. The lowest BCUT2D eigenvalue weighted by molar-refractivity contribution is 0.112. The molecule has 0 aromatic rings. The minimum Gasteiger partial charge on any atom is -0.384 e. The highest BCUT2D eigenvalue weighted by molar-refractivity contribution is 7.86. The van der Waals surface area contributed by atoms with Crippen molar-refractivity contribution in [2.45, 2.75) is 38.5 Å². The molecule has 6 heteroatoms. The van der Waals surface area contributed by atoms with Crippen molar-refractivity contribution in [1.82, 2.24) is 8.61 Å². The molecule has 5 nitrogen and oxygen atoms in total. The number of ether oxygens (including phenoxy) is 1. The maximum atomic E-state index is 12.9. The Kier molecular flexibility index (Phi) is 4.88. The molecule has 3 fully saturated rings. The van der Waals surface area contributed by atoms with E-state index in [0.29, 0.717) is 30.8 Å². The van der Waals surface area contributed by atoms with Gasteiger partial charge in [-0.25, -0.2) is 0 Å². The number of nitrogens with zero attached hydrogens (tertiary/aromatic N) is 2. The Hall–Kier alpha value is -0.170. The molecule has 3 rings (SSSR count). The number of methoxy groups -OCH3 is 1. The maximum Gasteiger partial charge on any atom is 0.281 e. The second kappa shape index (κ2) is 6.52. The first-order valence-corrected chi connectivity index (χ1v) is 9.73. The van der Waals surface area contributed by atoms with Crippen LogP contribution < -0.4 is 0 Å². The molecule has 2 atom stereocenters. The van der Waals surface area contributed by atoms with E-state index >= 15 is 0 Å². The summed E-state index contributed by atoms with van der Waals surface area (Å²) < 4.78 is 34.4. The van der Waals surface area contributed by atoms with E-state index in [1.165, 1.54) is 25.7 Å². The van der Waals surface area contributed by atoms with E-state index in [4.69, 9.17) is 4.74 Å². The molecular formula is C15H28N2O3S. The standard InChI is InChI=1S/C15H28N2O3S/c1-20-12-13-5-7-16(8-6-13)21(18,19)17-10-14-3-2-4-15(9-14)11-17/h13-15H,2-12H2,1H3/t14-,15-/m0/s1. The van der Waals surface area contributed by atoms with Gasteiger partial charge in [0.2, 0.25) is 0 Å². The SMILES string of the molecule is COCC1CCN(S(=O)(=O)N2C[C@H]3CCC[C@@H](C3)C2)CC1. The molecule has 1 saturated carbocycles. The average Bonchev–Trinajstić information content (AvgIpc) is 2.48. The smallest absolute Gasteiger partial charge is 0.281 e. The van der Waals surface area contributed by atoms with E-state index in [-0.39, 0.29) is 0 Å². The van der Waals surface area contributed by atoms with Crippen molar-refractivity contribution >= 4 is 10.2 Å². The first kappa shape index (κ1) is 15.7. The topological polar surface area (TPSA) is 49.9 Å². The molecule has 0 aromatic carbocycles. The third-order valence-electron chi connectivity index (χ3n) is 5.44. The molecule has 0 unspecified atom stereocenters. The monoisotopic (exact) mass is 316 g/mol. The zero-order valence-electron chi connectivity index (χ0n) is 13.0. The van der Waals surface area contributed by atoms with Crippen LogP contribution in [-0.2, 0) is 14.9 Å². The molecule has 0 aromatic heterocycles. The predicted octanol–water partition coefficient (Wildman–Crippen LogP) is 1.71. The van der Waals surface area contributed by atoms with Crippen molar-refractivity contribution in [3.05, 3.63) is 0 Å². The number of piperidine rings is 2. The van der Waals surface area contributed by atoms with Crippen LogP contribution in [0.3, 0.4) is 0 Å². The van der Waals surface area contributed by atoms with E-state index in [1.54, 1.807) is 15.7 Å². The Morgan fingerprint density at radius 1 is 1.00 bits per heavy atom. The van der Waals surface area contributed by atoms with Gasteiger partial charge in [-0.2, -0.15) is 17.0 Å². The number of hydrogen-bond acceptors (Lipinski definition) is 3. The zero-order chi connectivity index (χ0) is 14.9. The van der Waals surface area contributed by atoms with Gasteiger partial charge in [-0.1, -0.05) is 6.42 Å². The van der Waals surface area contributed by atoms with Crippen LogP contribution in [-0.4, -0.2) is 56.9 Å². The van der Waals surface area contributed by atoms with Gasteiger partial charge in [0.25, 0.3) is 10.2 Å². The fraction of sp³-hybridized carbons (Fsp3) is 1.00. The summed E-state index contributed by atoms with van der Waals surface area (Å²) in [6.45, 7) is 3.56. The van der Waals surface area contributed by atoms with Crippen LogP contribution in [0.5, 0.6) is 0 Å². The first-order valence-electron chi connectivity index (χ1n) is 8.33. The Morgan fingerprint density at radius 3 is 2.19 bits per heavy atom. The van der Waals surface area contributed by atoms with E-state index in [9.17, 15) is 8.42 Å². The second-order valence-corrected chi connectivity index (χ2v) is 8.95.